The molecule has 0 heterocycles. The number of nitrogens with zero attached hydrogens (tertiary/aromatic N) is 2. The normalized spacial score (nSPS) is 16.9. The summed E-state index contributed by atoms with van der Waals surface area (Å²) in [6.07, 6.45) is 20.3. The molecule has 0 saturated heterocycles. The van der Waals surface area contributed by atoms with Gasteiger partial charge in [0.15, 0.2) is 0 Å². The van der Waals surface area contributed by atoms with Crippen LogP contribution in [0.3, 0.4) is 0 Å². The molecular formula is C21H30N2Ti+2. The van der Waals surface area contributed by atoms with Gasteiger partial charge >= 0.3 is 21.7 Å². The molecule has 0 unspecified atom stereocenters. The van der Waals surface area contributed by atoms with Crippen molar-refractivity contribution in [3.63, 3.8) is 0 Å². The Bertz CT molecular complexity index is 291. The smallest absolute Gasteiger partial charge is 0.811 e. The maximum absolute atomic E-state index is 9.66. The molecule has 2 saturated carbocycles. The largest absolute Gasteiger partial charge is 4.00 e. The van der Waals surface area contributed by atoms with Crippen molar-refractivity contribution in [1.29, 1.82) is 0 Å². The first kappa shape index (κ1) is 26.3. The summed E-state index contributed by atoms with van der Waals surface area (Å²) in [5.41, 5.74) is 0.165. The molecule has 2 aliphatic carbocycles. The molecule has 0 N–H and O–H groups in total. The fourth-order valence-electron chi connectivity index (χ4n) is 1.33. The van der Waals surface area contributed by atoms with Crippen molar-refractivity contribution in [2.45, 2.75) is 48.0 Å². The molecule has 0 aromatic heterocycles. The van der Waals surface area contributed by atoms with E-state index in [1.54, 1.807) is 0 Å². The molecule has 3 heteroatoms. The van der Waals surface area contributed by atoms with Gasteiger partial charge in [-0.25, -0.2) is 0 Å². The van der Waals surface area contributed by atoms with Crippen LogP contribution in [0.4, 0.5) is 0 Å². The fourth-order valence-corrected chi connectivity index (χ4v) is 1.33. The van der Waals surface area contributed by atoms with Crippen LogP contribution in [0.5, 0.6) is 0 Å². The molecular weight excluding hydrogens is 328 g/mol. The molecule has 0 spiro atoms. The first-order chi connectivity index (χ1) is 10.5. The molecule has 126 valence electrons. The summed E-state index contributed by atoms with van der Waals surface area (Å²) in [6, 6.07) is 0. The van der Waals surface area contributed by atoms with Crippen LogP contribution in [0.1, 0.15) is 48.0 Å². The molecule has 2 rings (SSSR count). The first-order valence-electron chi connectivity index (χ1n) is 7.99. The molecule has 0 aliphatic heterocycles. The van der Waals surface area contributed by atoms with Gasteiger partial charge in [-0.1, -0.05) is 48.0 Å². The Morgan fingerprint density at radius 3 is 0.833 bits per heavy atom. The van der Waals surface area contributed by atoms with Gasteiger partial charge in [0.05, 0.1) is 0 Å². The first-order valence-corrected chi connectivity index (χ1v) is 7.99. The molecule has 0 amide bonds. The van der Waals surface area contributed by atoms with E-state index in [1.807, 2.05) is 106 Å². The van der Waals surface area contributed by atoms with Crippen molar-refractivity contribution in [2.24, 2.45) is 10.8 Å². The van der Waals surface area contributed by atoms with Crippen molar-refractivity contribution in [3.05, 3.63) is 75.0 Å². The van der Waals surface area contributed by atoms with Crippen LogP contribution in [-0.4, -0.2) is 11.4 Å². The zero-order valence-electron chi connectivity index (χ0n) is 15.9. The summed E-state index contributed by atoms with van der Waals surface area (Å²) in [6.45, 7) is 11.6. The van der Waals surface area contributed by atoms with Crippen molar-refractivity contribution in [3.8, 4) is 0 Å². The predicted octanol–water partition coefficient (Wildman–Crippen LogP) is 5.53. The van der Waals surface area contributed by atoms with Crippen LogP contribution < -0.4 is 0 Å². The maximum Gasteiger partial charge on any atom is 4.00 e. The van der Waals surface area contributed by atoms with Gasteiger partial charge in [-0.2, -0.15) is 11.4 Å². The van der Waals surface area contributed by atoms with Crippen molar-refractivity contribution < 1.29 is 21.7 Å². The second-order valence-corrected chi connectivity index (χ2v) is 7.49. The summed E-state index contributed by atoms with van der Waals surface area (Å²) < 4.78 is 0. The van der Waals surface area contributed by atoms with Crippen molar-refractivity contribution in [1.82, 2.24) is 0 Å². The molecule has 0 atom stereocenters. The summed E-state index contributed by atoms with van der Waals surface area (Å²) in [4.78, 5) is 0. The van der Waals surface area contributed by atoms with E-state index in [1.165, 1.54) is 0 Å². The van der Waals surface area contributed by atoms with E-state index in [4.69, 9.17) is 0 Å². The maximum atomic E-state index is 9.66. The summed E-state index contributed by atoms with van der Waals surface area (Å²) in [5.74, 6) is 0. The third-order valence-corrected chi connectivity index (χ3v) is 3.18. The Morgan fingerprint density at radius 2 is 0.708 bits per heavy atom. The van der Waals surface area contributed by atoms with Gasteiger partial charge in [0.2, 0.25) is 0 Å². The SMILES string of the molecule is CC(C)(C)C(=[N-])CC(=[N-])C(C)(C)C.[CH]1[CH][CH][CH][CH]1.[CH]1[CH][CH][CH][CH]1.[Ti+4]. The van der Waals surface area contributed by atoms with E-state index in [2.05, 4.69) is 0 Å². The molecule has 0 bridgehead atoms. The van der Waals surface area contributed by atoms with Gasteiger partial charge in [-0.05, 0) is 75.0 Å². The van der Waals surface area contributed by atoms with E-state index in [0.29, 0.717) is 11.4 Å². The van der Waals surface area contributed by atoms with E-state index in [-0.39, 0.29) is 39.0 Å². The summed E-state index contributed by atoms with van der Waals surface area (Å²) in [7, 11) is 0. The number of hydrogen-bond acceptors (Lipinski definition) is 0. The number of rotatable bonds is 2. The third kappa shape index (κ3) is 14.4. The number of hydrogen-bond donors (Lipinski definition) is 0. The van der Waals surface area contributed by atoms with Crippen molar-refractivity contribution >= 4 is 11.4 Å². The molecule has 2 fully saturated rings. The average molecular weight is 358 g/mol. The van der Waals surface area contributed by atoms with Crippen LogP contribution in [0.15, 0.2) is 0 Å². The molecule has 0 aromatic rings. The minimum Gasteiger partial charge on any atom is -0.811 e. The summed E-state index contributed by atoms with van der Waals surface area (Å²) in [5, 5.41) is 19.3. The third-order valence-electron chi connectivity index (χ3n) is 3.18. The second-order valence-electron chi connectivity index (χ2n) is 7.49. The molecule has 24 heavy (non-hydrogen) atoms. The van der Waals surface area contributed by atoms with E-state index < -0.39 is 0 Å². The Balaban J connectivity index is 0. The van der Waals surface area contributed by atoms with Crippen LogP contribution in [0.2, 0.25) is 0 Å². The van der Waals surface area contributed by atoms with Crippen LogP contribution in [-0.2, 0) is 21.7 Å². The fraction of sp³-hybridized carbons (Fsp3) is 0.429. The quantitative estimate of drug-likeness (QED) is 0.460. The Morgan fingerprint density at radius 1 is 0.542 bits per heavy atom. The topological polar surface area (TPSA) is 44.6 Å². The molecule has 2 aliphatic rings. The Kier molecular flexibility index (Phi) is 14.5. The molecule has 0 aromatic carbocycles. The second kappa shape index (κ2) is 13.3. The monoisotopic (exact) mass is 358 g/mol. The summed E-state index contributed by atoms with van der Waals surface area (Å²) >= 11 is 0. The zero-order valence-corrected chi connectivity index (χ0v) is 17.4. The van der Waals surface area contributed by atoms with Gasteiger partial charge in [0.25, 0.3) is 0 Å². The van der Waals surface area contributed by atoms with Gasteiger partial charge in [0.1, 0.15) is 0 Å². The minimum absolute atomic E-state index is 0. The van der Waals surface area contributed by atoms with Gasteiger partial charge in [-0.15, -0.1) is 0 Å². The average Bonchev–Trinajstić information content (AvgIpc) is 3.15. The Labute approximate surface area is 166 Å². The standard InChI is InChI=1S/C11H20N2.2C5H5.Ti/c1-10(2,3)8(12)7-9(13)11(4,5)6;2*1-2-4-5-3-1;/h7H2,1-6H3;2*1-5H;/q-2;;;+4. The van der Waals surface area contributed by atoms with Crippen LogP contribution in [0.25, 0.3) is 10.8 Å². The van der Waals surface area contributed by atoms with Crippen molar-refractivity contribution in [2.75, 3.05) is 0 Å². The molecule has 10 radical (unpaired) electrons. The van der Waals surface area contributed by atoms with E-state index >= 15 is 0 Å². The van der Waals surface area contributed by atoms with Gasteiger partial charge < -0.3 is 10.8 Å². The van der Waals surface area contributed by atoms with Crippen LogP contribution >= 0.6 is 0 Å². The predicted molar refractivity (Wildman–Crippen MR) is 103 cm³/mol. The van der Waals surface area contributed by atoms with E-state index in [9.17, 15) is 10.8 Å². The van der Waals surface area contributed by atoms with E-state index in [0.717, 1.165) is 0 Å². The molecule has 2 nitrogen and oxygen atoms in total. The Hall–Kier alpha value is 0.0543. The van der Waals surface area contributed by atoms with Crippen LogP contribution in [0, 0.1) is 75.0 Å². The minimum atomic E-state index is -0.251. The zero-order chi connectivity index (χ0) is 17.9. The van der Waals surface area contributed by atoms with Gasteiger partial charge in [0, 0.05) is 0 Å². The van der Waals surface area contributed by atoms with Gasteiger partial charge in [-0.3, -0.25) is 0 Å².